The molecule has 1 saturated heterocycles. The smallest absolute Gasteiger partial charge is 0.289 e. The molecule has 6 heteroatoms. The lowest BCUT2D eigenvalue weighted by molar-refractivity contribution is 0.0655. The number of likely N-dealkylation sites (tertiary alicyclic amines) is 1. The van der Waals surface area contributed by atoms with Crippen molar-refractivity contribution in [3.05, 3.63) is 65.9 Å². The summed E-state index contributed by atoms with van der Waals surface area (Å²) in [5.41, 5.74) is 1.35. The molecule has 31 heavy (non-hydrogen) atoms. The second-order valence-electron chi connectivity index (χ2n) is 8.29. The van der Waals surface area contributed by atoms with E-state index in [1.807, 2.05) is 61.2 Å². The summed E-state index contributed by atoms with van der Waals surface area (Å²) < 4.78 is 11.3. The molecule has 1 aliphatic heterocycles. The molecule has 0 spiro atoms. The van der Waals surface area contributed by atoms with Crippen LogP contribution in [0.15, 0.2) is 59.0 Å². The fourth-order valence-electron chi connectivity index (χ4n) is 3.88. The Kier molecular flexibility index (Phi) is 6.26. The second-order valence-corrected chi connectivity index (χ2v) is 8.29. The molecule has 0 saturated carbocycles. The summed E-state index contributed by atoms with van der Waals surface area (Å²) in [7, 11) is 0. The SMILES string of the molecule is CC(C)Oc1ccc(C(=O)NCC2CCN(C(=O)c3cc4ccccc4o3)CC2)cc1. The lowest BCUT2D eigenvalue weighted by Gasteiger charge is -2.31. The number of hydrogen-bond donors (Lipinski definition) is 1. The first kappa shape index (κ1) is 21.0. The quantitative estimate of drug-likeness (QED) is 0.637. The number of hydrogen-bond acceptors (Lipinski definition) is 4. The Hall–Kier alpha value is -3.28. The number of carbonyl (C=O) groups is 2. The van der Waals surface area contributed by atoms with Crippen LogP contribution in [0.5, 0.6) is 5.75 Å². The van der Waals surface area contributed by atoms with Crippen LogP contribution in [-0.4, -0.2) is 42.5 Å². The van der Waals surface area contributed by atoms with Crippen LogP contribution in [0.1, 0.15) is 47.6 Å². The molecule has 0 aliphatic carbocycles. The predicted molar refractivity (Wildman–Crippen MR) is 119 cm³/mol. The van der Waals surface area contributed by atoms with Crippen LogP contribution in [0, 0.1) is 5.92 Å². The number of benzene rings is 2. The number of para-hydroxylation sites is 1. The molecule has 162 valence electrons. The van der Waals surface area contributed by atoms with Gasteiger partial charge in [-0.1, -0.05) is 18.2 Å². The first-order chi connectivity index (χ1) is 15.0. The van der Waals surface area contributed by atoms with E-state index >= 15 is 0 Å². The minimum Gasteiger partial charge on any atom is -0.491 e. The maximum Gasteiger partial charge on any atom is 0.289 e. The van der Waals surface area contributed by atoms with E-state index in [-0.39, 0.29) is 17.9 Å². The molecule has 4 rings (SSSR count). The van der Waals surface area contributed by atoms with Crippen molar-refractivity contribution >= 4 is 22.8 Å². The van der Waals surface area contributed by atoms with Gasteiger partial charge in [-0.05, 0) is 69.0 Å². The Morgan fingerprint density at radius 3 is 2.48 bits per heavy atom. The van der Waals surface area contributed by atoms with Gasteiger partial charge >= 0.3 is 0 Å². The van der Waals surface area contributed by atoms with Gasteiger partial charge in [0.2, 0.25) is 0 Å². The number of rotatable bonds is 6. The largest absolute Gasteiger partial charge is 0.491 e. The van der Waals surface area contributed by atoms with Crippen LogP contribution < -0.4 is 10.1 Å². The molecule has 2 heterocycles. The lowest BCUT2D eigenvalue weighted by atomic mass is 9.96. The highest BCUT2D eigenvalue weighted by molar-refractivity contribution is 5.96. The zero-order chi connectivity index (χ0) is 21.8. The van der Waals surface area contributed by atoms with E-state index in [0.29, 0.717) is 36.9 Å². The zero-order valence-corrected chi connectivity index (χ0v) is 18.0. The summed E-state index contributed by atoms with van der Waals surface area (Å²) in [5, 5.41) is 3.96. The third kappa shape index (κ3) is 5.08. The van der Waals surface area contributed by atoms with Gasteiger partial charge in [0.15, 0.2) is 5.76 Å². The van der Waals surface area contributed by atoms with Crippen LogP contribution in [0.4, 0.5) is 0 Å². The Balaban J connectivity index is 1.25. The zero-order valence-electron chi connectivity index (χ0n) is 18.0. The highest BCUT2D eigenvalue weighted by Gasteiger charge is 2.26. The Labute approximate surface area is 182 Å². The van der Waals surface area contributed by atoms with Gasteiger partial charge in [-0.15, -0.1) is 0 Å². The van der Waals surface area contributed by atoms with Crippen LogP contribution in [0.25, 0.3) is 11.0 Å². The van der Waals surface area contributed by atoms with E-state index in [1.54, 1.807) is 12.1 Å². The maximum absolute atomic E-state index is 12.8. The molecule has 1 N–H and O–H groups in total. The van der Waals surface area contributed by atoms with Crippen molar-refractivity contribution in [2.24, 2.45) is 5.92 Å². The first-order valence-electron chi connectivity index (χ1n) is 10.8. The van der Waals surface area contributed by atoms with Crippen LogP contribution in [-0.2, 0) is 0 Å². The number of ether oxygens (including phenoxy) is 1. The molecule has 0 radical (unpaired) electrons. The molecule has 0 bridgehead atoms. The van der Waals surface area contributed by atoms with Crippen LogP contribution in [0.3, 0.4) is 0 Å². The number of amides is 2. The molecule has 1 aliphatic rings. The summed E-state index contributed by atoms with van der Waals surface area (Å²) in [6, 6.07) is 16.6. The fraction of sp³-hybridized carbons (Fsp3) is 0.360. The van der Waals surface area contributed by atoms with E-state index < -0.39 is 0 Å². The maximum atomic E-state index is 12.8. The van der Waals surface area contributed by atoms with Crippen LogP contribution in [0.2, 0.25) is 0 Å². The fourth-order valence-corrected chi connectivity index (χ4v) is 3.88. The van der Waals surface area contributed by atoms with Gasteiger partial charge in [-0.3, -0.25) is 9.59 Å². The Morgan fingerprint density at radius 1 is 1.10 bits per heavy atom. The van der Waals surface area contributed by atoms with Crippen LogP contribution >= 0.6 is 0 Å². The molecular formula is C25H28N2O4. The van der Waals surface area contributed by atoms with Crippen molar-refractivity contribution < 1.29 is 18.7 Å². The van der Waals surface area contributed by atoms with Crippen molar-refractivity contribution in [1.29, 1.82) is 0 Å². The summed E-state index contributed by atoms with van der Waals surface area (Å²) in [4.78, 5) is 27.0. The van der Waals surface area contributed by atoms with E-state index in [1.165, 1.54) is 0 Å². The van der Waals surface area contributed by atoms with Gasteiger partial charge in [0.25, 0.3) is 11.8 Å². The molecule has 2 amide bonds. The lowest BCUT2D eigenvalue weighted by Crippen LogP contribution is -2.41. The highest BCUT2D eigenvalue weighted by atomic mass is 16.5. The third-order valence-corrected chi connectivity index (χ3v) is 5.58. The Morgan fingerprint density at radius 2 is 1.81 bits per heavy atom. The van der Waals surface area contributed by atoms with Gasteiger partial charge in [0.05, 0.1) is 6.10 Å². The molecule has 3 aromatic rings. The molecule has 0 unspecified atom stereocenters. The topological polar surface area (TPSA) is 71.8 Å². The summed E-state index contributed by atoms with van der Waals surface area (Å²) in [6.07, 6.45) is 1.81. The molecule has 1 fully saturated rings. The number of nitrogens with zero attached hydrogens (tertiary/aromatic N) is 1. The first-order valence-corrected chi connectivity index (χ1v) is 10.8. The number of piperidine rings is 1. The number of nitrogens with one attached hydrogen (secondary N) is 1. The predicted octanol–water partition coefficient (Wildman–Crippen LogP) is 4.50. The van der Waals surface area contributed by atoms with E-state index in [4.69, 9.17) is 9.15 Å². The average Bonchev–Trinajstić information content (AvgIpc) is 3.22. The van der Waals surface area contributed by atoms with Gasteiger partial charge in [-0.25, -0.2) is 0 Å². The number of fused-ring (bicyclic) bond motifs is 1. The van der Waals surface area contributed by atoms with E-state index in [2.05, 4.69) is 5.32 Å². The minimum absolute atomic E-state index is 0.0672. The normalized spacial score (nSPS) is 14.7. The van der Waals surface area contributed by atoms with Gasteiger partial charge in [-0.2, -0.15) is 0 Å². The van der Waals surface area contributed by atoms with Crippen molar-refractivity contribution in [3.8, 4) is 5.75 Å². The molecule has 2 aromatic carbocycles. The minimum atomic E-state index is -0.0862. The number of furan rings is 1. The molecule has 6 nitrogen and oxygen atoms in total. The third-order valence-electron chi connectivity index (χ3n) is 5.58. The standard InChI is InChI=1S/C25H28N2O4/c1-17(2)30-21-9-7-19(8-10-21)24(28)26-16-18-11-13-27(14-12-18)25(29)23-15-20-5-3-4-6-22(20)31-23/h3-10,15,17-18H,11-14,16H2,1-2H3,(H,26,28). The van der Waals surface area contributed by atoms with Crippen molar-refractivity contribution in [2.75, 3.05) is 19.6 Å². The highest BCUT2D eigenvalue weighted by Crippen LogP contribution is 2.23. The summed E-state index contributed by atoms with van der Waals surface area (Å²) >= 11 is 0. The second kappa shape index (κ2) is 9.25. The molecule has 0 atom stereocenters. The summed E-state index contributed by atoms with van der Waals surface area (Å²) in [5.74, 6) is 1.34. The van der Waals surface area contributed by atoms with E-state index in [0.717, 1.165) is 29.6 Å². The number of carbonyl (C=O) groups excluding carboxylic acids is 2. The van der Waals surface area contributed by atoms with Gasteiger partial charge in [0, 0.05) is 30.6 Å². The summed E-state index contributed by atoms with van der Waals surface area (Å²) in [6.45, 7) is 5.87. The average molecular weight is 421 g/mol. The van der Waals surface area contributed by atoms with Gasteiger partial charge < -0.3 is 19.4 Å². The molecule has 1 aromatic heterocycles. The van der Waals surface area contributed by atoms with E-state index in [9.17, 15) is 9.59 Å². The monoisotopic (exact) mass is 420 g/mol. The molecular weight excluding hydrogens is 392 g/mol. The van der Waals surface area contributed by atoms with Gasteiger partial charge in [0.1, 0.15) is 11.3 Å². The van der Waals surface area contributed by atoms with Crippen molar-refractivity contribution in [2.45, 2.75) is 32.8 Å². The van der Waals surface area contributed by atoms with Crippen molar-refractivity contribution in [1.82, 2.24) is 10.2 Å². The Bertz CT molecular complexity index is 1010. The van der Waals surface area contributed by atoms with Crippen molar-refractivity contribution in [3.63, 3.8) is 0 Å².